The fourth-order valence-corrected chi connectivity index (χ4v) is 5.43. The lowest BCUT2D eigenvalue weighted by molar-refractivity contribution is 0.0457. The number of carbonyl (C=O) groups excluding carboxylic acids is 1. The van der Waals surface area contributed by atoms with E-state index in [1.807, 2.05) is 36.6 Å². The van der Waals surface area contributed by atoms with E-state index >= 15 is 0 Å². The number of rotatable bonds is 7. The quantitative estimate of drug-likeness (QED) is 0.490. The van der Waals surface area contributed by atoms with Crippen molar-refractivity contribution in [3.63, 3.8) is 0 Å². The fraction of sp³-hybridized carbons (Fsp3) is 0.417. The first-order valence-corrected chi connectivity index (χ1v) is 12.6. The number of aromatic nitrogens is 2. The van der Waals surface area contributed by atoms with Gasteiger partial charge in [-0.3, -0.25) is 0 Å². The average molecular weight is 472 g/mol. The van der Waals surface area contributed by atoms with Crippen molar-refractivity contribution in [2.75, 3.05) is 26.3 Å². The summed E-state index contributed by atoms with van der Waals surface area (Å²) in [5.41, 5.74) is 3.75. The highest BCUT2D eigenvalue weighted by molar-refractivity contribution is 7.89. The van der Waals surface area contributed by atoms with Gasteiger partial charge in [-0.2, -0.15) is 4.31 Å². The van der Waals surface area contributed by atoms with Crippen molar-refractivity contribution in [1.82, 2.24) is 13.9 Å². The van der Waals surface area contributed by atoms with Crippen molar-refractivity contribution in [3.8, 4) is 0 Å². The molecule has 2 aromatic carbocycles. The molecule has 0 radical (unpaired) electrons. The molecule has 0 amide bonds. The van der Waals surface area contributed by atoms with Crippen molar-refractivity contribution in [2.45, 2.75) is 45.2 Å². The maximum absolute atomic E-state index is 13.0. The minimum absolute atomic E-state index is 0.00639. The SMILES string of the molecule is CCCn1c(COC(=O)c2cc(C)ccc2C)nc2cc(S(=O)(=O)N3CCOCC3)ccc21. The molecule has 9 heteroatoms. The van der Waals surface area contributed by atoms with Gasteiger partial charge in [0.25, 0.3) is 0 Å². The number of aryl methyl sites for hydroxylation is 3. The smallest absolute Gasteiger partial charge is 0.338 e. The molecule has 0 unspecified atom stereocenters. The van der Waals surface area contributed by atoms with E-state index in [1.165, 1.54) is 4.31 Å². The highest BCUT2D eigenvalue weighted by Crippen LogP contribution is 2.24. The molecule has 1 fully saturated rings. The molecule has 33 heavy (non-hydrogen) atoms. The molecular weight excluding hydrogens is 442 g/mol. The minimum atomic E-state index is -3.62. The number of imidazole rings is 1. The second-order valence-electron chi connectivity index (χ2n) is 8.24. The van der Waals surface area contributed by atoms with Gasteiger partial charge in [0, 0.05) is 19.6 Å². The second-order valence-corrected chi connectivity index (χ2v) is 10.2. The van der Waals surface area contributed by atoms with Gasteiger partial charge in [-0.05, 0) is 50.1 Å². The predicted octanol–water partition coefficient (Wildman–Crippen LogP) is 3.44. The first-order chi connectivity index (χ1) is 15.8. The Labute approximate surface area is 194 Å². The molecule has 2 heterocycles. The molecule has 4 rings (SSSR count). The number of morpholine rings is 1. The molecule has 0 aliphatic carbocycles. The lowest BCUT2D eigenvalue weighted by Crippen LogP contribution is -2.40. The first-order valence-electron chi connectivity index (χ1n) is 11.1. The zero-order valence-corrected chi connectivity index (χ0v) is 20.0. The van der Waals surface area contributed by atoms with Crippen LogP contribution in [0.1, 0.15) is 40.7 Å². The maximum atomic E-state index is 13.0. The Morgan fingerprint density at radius 2 is 1.88 bits per heavy atom. The number of hydrogen-bond donors (Lipinski definition) is 0. The van der Waals surface area contributed by atoms with Crippen LogP contribution in [-0.4, -0.2) is 54.5 Å². The lowest BCUT2D eigenvalue weighted by atomic mass is 10.1. The molecule has 0 saturated carbocycles. The van der Waals surface area contributed by atoms with Gasteiger partial charge in [0.15, 0.2) is 0 Å². The van der Waals surface area contributed by atoms with E-state index in [0.29, 0.717) is 49.8 Å². The summed E-state index contributed by atoms with van der Waals surface area (Å²) in [6, 6.07) is 10.7. The van der Waals surface area contributed by atoms with Gasteiger partial charge < -0.3 is 14.0 Å². The van der Waals surface area contributed by atoms with Gasteiger partial charge in [0.2, 0.25) is 10.0 Å². The van der Waals surface area contributed by atoms with Gasteiger partial charge in [0.05, 0.1) is 34.7 Å². The van der Waals surface area contributed by atoms with Crippen LogP contribution < -0.4 is 0 Å². The molecule has 1 saturated heterocycles. The van der Waals surface area contributed by atoms with Crippen LogP contribution >= 0.6 is 0 Å². The van der Waals surface area contributed by atoms with Gasteiger partial charge in [-0.15, -0.1) is 0 Å². The molecule has 0 spiro atoms. The summed E-state index contributed by atoms with van der Waals surface area (Å²) in [4.78, 5) is 17.5. The Morgan fingerprint density at radius 3 is 2.61 bits per heavy atom. The van der Waals surface area contributed by atoms with E-state index in [-0.39, 0.29) is 11.5 Å². The van der Waals surface area contributed by atoms with Gasteiger partial charge in [-0.25, -0.2) is 18.2 Å². The van der Waals surface area contributed by atoms with Crippen LogP contribution in [0.4, 0.5) is 0 Å². The highest BCUT2D eigenvalue weighted by atomic mass is 32.2. The van der Waals surface area contributed by atoms with Crippen molar-refractivity contribution in [3.05, 3.63) is 58.9 Å². The Balaban J connectivity index is 1.62. The van der Waals surface area contributed by atoms with E-state index in [0.717, 1.165) is 23.1 Å². The van der Waals surface area contributed by atoms with Crippen LogP contribution in [0.25, 0.3) is 11.0 Å². The molecule has 0 bridgehead atoms. The zero-order chi connectivity index (χ0) is 23.6. The van der Waals surface area contributed by atoms with Crippen LogP contribution in [0, 0.1) is 13.8 Å². The highest BCUT2D eigenvalue weighted by Gasteiger charge is 2.27. The normalized spacial score (nSPS) is 15.1. The molecule has 1 aliphatic heterocycles. The number of esters is 1. The van der Waals surface area contributed by atoms with Crippen molar-refractivity contribution < 1.29 is 22.7 Å². The summed E-state index contributed by atoms with van der Waals surface area (Å²) in [7, 11) is -3.62. The molecule has 8 nitrogen and oxygen atoms in total. The zero-order valence-electron chi connectivity index (χ0n) is 19.2. The molecule has 1 aromatic heterocycles. The van der Waals surface area contributed by atoms with Gasteiger partial charge in [0.1, 0.15) is 12.4 Å². The van der Waals surface area contributed by atoms with E-state index in [2.05, 4.69) is 11.9 Å². The van der Waals surface area contributed by atoms with Crippen molar-refractivity contribution in [1.29, 1.82) is 0 Å². The standard InChI is InChI=1S/C24H29N3O5S/c1-4-9-27-22-8-7-19(33(29,30)26-10-12-31-13-11-26)15-21(22)25-23(27)16-32-24(28)20-14-17(2)5-6-18(20)3/h5-8,14-15H,4,9-13,16H2,1-3H3. The number of benzene rings is 2. The van der Waals surface area contributed by atoms with Crippen LogP contribution in [0.15, 0.2) is 41.3 Å². The second kappa shape index (κ2) is 9.62. The first kappa shape index (κ1) is 23.4. The molecule has 1 aliphatic rings. The summed E-state index contributed by atoms with van der Waals surface area (Å²) in [5, 5.41) is 0. The third-order valence-electron chi connectivity index (χ3n) is 5.80. The Bertz CT molecular complexity index is 1280. The average Bonchev–Trinajstić information content (AvgIpc) is 3.16. The van der Waals surface area contributed by atoms with E-state index in [9.17, 15) is 13.2 Å². The van der Waals surface area contributed by atoms with E-state index in [1.54, 1.807) is 18.2 Å². The van der Waals surface area contributed by atoms with Gasteiger partial charge in [-0.1, -0.05) is 24.6 Å². The molecular formula is C24H29N3O5S. The number of ether oxygens (including phenoxy) is 2. The third kappa shape index (κ3) is 4.80. The van der Waals surface area contributed by atoms with Gasteiger partial charge >= 0.3 is 5.97 Å². The van der Waals surface area contributed by atoms with Crippen molar-refractivity contribution in [2.24, 2.45) is 0 Å². The minimum Gasteiger partial charge on any atom is -0.454 e. The van der Waals surface area contributed by atoms with Crippen LogP contribution in [0.2, 0.25) is 0 Å². The monoisotopic (exact) mass is 471 g/mol. The number of fused-ring (bicyclic) bond motifs is 1. The summed E-state index contributed by atoms with van der Waals surface area (Å²) in [6.07, 6.45) is 0.858. The lowest BCUT2D eigenvalue weighted by Gasteiger charge is -2.26. The van der Waals surface area contributed by atoms with E-state index in [4.69, 9.17) is 9.47 Å². The Morgan fingerprint density at radius 1 is 1.12 bits per heavy atom. The van der Waals surface area contributed by atoms with Crippen LogP contribution in [0.3, 0.4) is 0 Å². The largest absolute Gasteiger partial charge is 0.454 e. The van der Waals surface area contributed by atoms with Crippen LogP contribution in [-0.2, 0) is 32.6 Å². The van der Waals surface area contributed by atoms with E-state index < -0.39 is 16.0 Å². The topological polar surface area (TPSA) is 90.7 Å². The molecule has 176 valence electrons. The van der Waals surface area contributed by atoms with Crippen LogP contribution in [0.5, 0.6) is 0 Å². The molecule has 3 aromatic rings. The fourth-order valence-electron chi connectivity index (χ4n) is 4.00. The maximum Gasteiger partial charge on any atom is 0.338 e. The Hall–Kier alpha value is -2.75. The number of nitrogens with zero attached hydrogens (tertiary/aromatic N) is 3. The Kier molecular flexibility index (Phi) is 6.83. The summed E-state index contributed by atoms with van der Waals surface area (Å²) in [6.45, 7) is 8.00. The number of hydrogen-bond acceptors (Lipinski definition) is 6. The van der Waals surface area contributed by atoms with Crippen molar-refractivity contribution >= 4 is 27.0 Å². The summed E-state index contributed by atoms with van der Waals surface area (Å²) in [5.74, 6) is 0.188. The molecule has 0 N–H and O–H groups in total. The number of sulfonamides is 1. The third-order valence-corrected chi connectivity index (χ3v) is 7.69. The predicted molar refractivity (Wildman–Crippen MR) is 125 cm³/mol. The number of carbonyl (C=O) groups is 1. The summed E-state index contributed by atoms with van der Waals surface area (Å²) < 4.78 is 40.4. The molecule has 0 atom stereocenters. The summed E-state index contributed by atoms with van der Waals surface area (Å²) >= 11 is 0.